The van der Waals surface area contributed by atoms with Gasteiger partial charge in [-0.25, -0.2) is 0 Å². The Labute approximate surface area is 132 Å². The Morgan fingerprint density at radius 2 is 1.68 bits per heavy atom. The maximum Gasteiger partial charge on any atom is 0.269 e. The molecule has 0 aliphatic rings. The number of hydrogen-bond acceptors (Lipinski definition) is 4. The van der Waals surface area contributed by atoms with Crippen molar-refractivity contribution < 1.29 is 15.1 Å². The molecule has 0 aliphatic heterocycles. The highest BCUT2D eigenvalue weighted by molar-refractivity contribution is 9.09. The molecule has 0 saturated heterocycles. The summed E-state index contributed by atoms with van der Waals surface area (Å²) >= 11 is 19.6. The van der Waals surface area contributed by atoms with Crippen LogP contribution in [0, 0.1) is 10.1 Å². The molecule has 3 atom stereocenters. The first-order chi connectivity index (χ1) is 8.64. The third kappa shape index (κ3) is 4.44. The third-order valence-corrected chi connectivity index (χ3v) is 4.06. The summed E-state index contributed by atoms with van der Waals surface area (Å²) in [5, 5.41) is 30.2. The van der Waals surface area contributed by atoms with Gasteiger partial charge in [-0.05, 0) is 17.7 Å². The molecule has 19 heavy (non-hydrogen) atoms. The molecule has 9 heteroatoms. The summed E-state index contributed by atoms with van der Waals surface area (Å²) in [6.07, 6.45) is -2.64. The average molecular weight is 393 g/mol. The van der Waals surface area contributed by atoms with Crippen LogP contribution >= 0.6 is 50.7 Å². The molecule has 0 bridgehead atoms. The lowest BCUT2D eigenvalue weighted by Gasteiger charge is -2.27. The van der Waals surface area contributed by atoms with Gasteiger partial charge in [0.15, 0.2) is 0 Å². The molecular weight excluding hydrogens is 384 g/mol. The van der Waals surface area contributed by atoms with Crippen LogP contribution < -0.4 is 0 Å². The third-order valence-electron chi connectivity index (χ3n) is 2.38. The van der Waals surface area contributed by atoms with Gasteiger partial charge in [0.05, 0.1) is 15.9 Å². The first-order valence-corrected chi connectivity index (χ1v) is 7.01. The number of aliphatic hydroxyl groups is 2. The summed E-state index contributed by atoms with van der Waals surface area (Å²) in [4.78, 5) is 9.00. The zero-order chi connectivity index (χ0) is 14.8. The maximum atomic E-state index is 10.5. The van der Waals surface area contributed by atoms with E-state index in [0.29, 0.717) is 5.56 Å². The fraction of sp³-hybridized carbons (Fsp3) is 0.400. The molecule has 1 rings (SSSR count). The molecule has 0 amide bonds. The highest BCUT2D eigenvalue weighted by Crippen LogP contribution is 2.38. The van der Waals surface area contributed by atoms with E-state index in [4.69, 9.17) is 34.8 Å². The molecule has 1 aromatic rings. The number of alkyl halides is 4. The van der Waals surface area contributed by atoms with E-state index in [0.717, 1.165) is 0 Å². The minimum Gasteiger partial charge on any atom is -0.387 e. The van der Waals surface area contributed by atoms with Crippen molar-refractivity contribution in [3.63, 3.8) is 0 Å². The normalized spacial score (nSPS) is 16.7. The molecule has 0 radical (unpaired) electrons. The van der Waals surface area contributed by atoms with Crippen molar-refractivity contribution in [2.75, 3.05) is 0 Å². The fourth-order valence-corrected chi connectivity index (χ4v) is 2.90. The fourth-order valence-electron chi connectivity index (χ4n) is 1.33. The van der Waals surface area contributed by atoms with E-state index in [-0.39, 0.29) is 5.69 Å². The van der Waals surface area contributed by atoms with Crippen LogP contribution in [0.3, 0.4) is 0 Å². The summed E-state index contributed by atoms with van der Waals surface area (Å²) in [7, 11) is 0. The van der Waals surface area contributed by atoms with Crippen molar-refractivity contribution in [1.82, 2.24) is 0 Å². The highest BCUT2D eigenvalue weighted by atomic mass is 79.9. The summed E-state index contributed by atoms with van der Waals surface area (Å²) in [6, 6.07) is 5.20. The molecule has 0 fully saturated rings. The smallest absolute Gasteiger partial charge is 0.269 e. The number of rotatable bonds is 4. The van der Waals surface area contributed by atoms with Gasteiger partial charge in [-0.15, -0.1) is 0 Å². The van der Waals surface area contributed by atoms with Crippen LogP contribution in [0.25, 0.3) is 0 Å². The van der Waals surface area contributed by atoms with Gasteiger partial charge < -0.3 is 10.2 Å². The second kappa shape index (κ2) is 6.56. The Morgan fingerprint density at radius 3 is 2.05 bits per heavy atom. The van der Waals surface area contributed by atoms with Gasteiger partial charge in [-0.1, -0.05) is 50.7 Å². The van der Waals surface area contributed by atoms with Crippen LogP contribution in [0.4, 0.5) is 5.69 Å². The van der Waals surface area contributed by atoms with Crippen molar-refractivity contribution in [1.29, 1.82) is 0 Å². The topological polar surface area (TPSA) is 83.6 Å². The number of non-ortho nitro benzene ring substituents is 1. The van der Waals surface area contributed by atoms with Gasteiger partial charge in [0.25, 0.3) is 5.69 Å². The second-order valence-corrected chi connectivity index (χ2v) is 7.15. The average Bonchev–Trinajstić information content (AvgIpc) is 2.35. The molecule has 0 saturated carbocycles. The van der Waals surface area contributed by atoms with E-state index in [1.165, 1.54) is 24.3 Å². The van der Waals surface area contributed by atoms with E-state index < -0.39 is 25.8 Å². The molecule has 2 N–H and O–H groups in total. The zero-order valence-corrected chi connectivity index (χ0v) is 13.1. The van der Waals surface area contributed by atoms with Gasteiger partial charge in [0.1, 0.15) is 6.10 Å². The van der Waals surface area contributed by atoms with E-state index in [2.05, 4.69) is 15.9 Å². The summed E-state index contributed by atoms with van der Waals surface area (Å²) in [5.41, 5.74) is 0.241. The predicted molar refractivity (Wildman–Crippen MR) is 77.1 cm³/mol. The Bertz CT molecular complexity index is 451. The van der Waals surface area contributed by atoms with Crippen molar-refractivity contribution in [2.24, 2.45) is 0 Å². The number of nitro benzene ring substituents is 1. The first-order valence-electron chi connectivity index (χ1n) is 4.96. The van der Waals surface area contributed by atoms with Gasteiger partial charge in [-0.2, -0.15) is 0 Å². The maximum absolute atomic E-state index is 10.5. The Hall–Kier alpha value is -0.110. The number of halogens is 4. The van der Waals surface area contributed by atoms with Crippen molar-refractivity contribution in [3.8, 4) is 0 Å². The predicted octanol–water partition coefficient (Wildman–Crippen LogP) is 3.12. The number of hydrogen-bond donors (Lipinski definition) is 2. The number of nitro groups is 1. The van der Waals surface area contributed by atoms with Gasteiger partial charge in [0.2, 0.25) is 3.79 Å². The van der Waals surface area contributed by atoms with E-state index in [1.54, 1.807) is 0 Å². The molecule has 0 spiro atoms. The van der Waals surface area contributed by atoms with Crippen molar-refractivity contribution in [3.05, 3.63) is 39.9 Å². The number of nitrogens with zero attached hydrogens (tertiary/aromatic N) is 1. The van der Waals surface area contributed by atoms with Crippen LogP contribution in [0.15, 0.2) is 24.3 Å². The van der Waals surface area contributed by atoms with Crippen LogP contribution in [-0.4, -0.2) is 29.9 Å². The van der Waals surface area contributed by atoms with Crippen LogP contribution in [-0.2, 0) is 0 Å². The number of aliphatic hydroxyl groups excluding tert-OH is 2. The lowest BCUT2D eigenvalue weighted by Crippen LogP contribution is -2.37. The molecule has 106 valence electrons. The van der Waals surface area contributed by atoms with E-state index in [1.807, 2.05) is 0 Å². The summed E-state index contributed by atoms with van der Waals surface area (Å²) < 4.78 is -1.96. The van der Waals surface area contributed by atoms with E-state index in [9.17, 15) is 20.3 Å². The Kier molecular flexibility index (Phi) is 5.85. The minimum absolute atomic E-state index is 0.107. The Morgan fingerprint density at radius 1 is 1.21 bits per heavy atom. The molecule has 0 aliphatic carbocycles. The lowest BCUT2D eigenvalue weighted by molar-refractivity contribution is -0.384. The molecule has 0 heterocycles. The van der Waals surface area contributed by atoms with Gasteiger partial charge >= 0.3 is 0 Å². The second-order valence-electron chi connectivity index (χ2n) is 3.72. The standard InChI is InChI=1S/C10H9BrCl3NO4/c11-7(9(17)10(12,13)14)8(16)5-1-3-6(4-2-5)15(18)19/h1-4,7-9,16-17H/t7-,8+,9+/m0/s1. The van der Waals surface area contributed by atoms with Crippen molar-refractivity contribution >= 4 is 56.4 Å². The van der Waals surface area contributed by atoms with Gasteiger partial charge in [0, 0.05) is 12.1 Å². The molecule has 0 unspecified atom stereocenters. The quantitative estimate of drug-likeness (QED) is 0.468. The molecule has 5 nitrogen and oxygen atoms in total. The number of benzene rings is 1. The molecule has 1 aromatic carbocycles. The van der Waals surface area contributed by atoms with E-state index >= 15 is 0 Å². The minimum atomic E-state index is -1.96. The largest absolute Gasteiger partial charge is 0.387 e. The first kappa shape index (κ1) is 16.9. The molecular formula is C10H9BrCl3NO4. The Balaban J connectivity index is 2.88. The highest BCUT2D eigenvalue weighted by Gasteiger charge is 2.39. The summed E-state index contributed by atoms with van der Waals surface area (Å²) in [5.74, 6) is 0. The van der Waals surface area contributed by atoms with Crippen molar-refractivity contribution in [2.45, 2.75) is 20.8 Å². The zero-order valence-electron chi connectivity index (χ0n) is 9.21. The van der Waals surface area contributed by atoms with Crippen LogP contribution in [0.2, 0.25) is 0 Å². The lowest BCUT2D eigenvalue weighted by atomic mass is 10.0. The monoisotopic (exact) mass is 391 g/mol. The van der Waals surface area contributed by atoms with Crippen LogP contribution in [0.1, 0.15) is 11.7 Å². The van der Waals surface area contributed by atoms with Crippen LogP contribution in [0.5, 0.6) is 0 Å². The SMILES string of the molecule is O=[N+]([O-])c1ccc([C@@H](O)[C@H](Br)[C@@H](O)C(Cl)(Cl)Cl)cc1. The molecule has 0 aromatic heterocycles. The van der Waals surface area contributed by atoms with Gasteiger partial charge in [-0.3, -0.25) is 10.1 Å². The summed E-state index contributed by atoms with van der Waals surface area (Å²) in [6.45, 7) is 0.